The summed E-state index contributed by atoms with van der Waals surface area (Å²) < 4.78 is 29.4. The first kappa shape index (κ1) is 15.0. The van der Waals surface area contributed by atoms with E-state index in [0.29, 0.717) is 0 Å². The summed E-state index contributed by atoms with van der Waals surface area (Å²) in [7, 11) is -2.08. The van der Waals surface area contributed by atoms with Gasteiger partial charge in [-0.1, -0.05) is 28.1 Å². The van der Waals surface area contributed by atoms with Crippen molar-refractivity contribution in [3.8, 4) is 0 Å². The highest BCUT2D eigenvalue weighted by Crippen LogP contribution is 2.21. The van der Waals surface area contributed by atoms with Crippen LogP contribution in [0.5, 0.6) is 0 Å². The van der Waals surface area contributed by atoms with Crippen molar-refractivity contribution in [1.29, 1.82) is 0 Å². The third-order valence-electron chi connectivity index (χ3n) is 2.81. The summed E-state index contributed by atoms with van der Waals surface area (Å²) in [6, 6.07) is 7.05. The van der Waals surface area contributed by atoms with Gasteiger partial charge < -0.3 is 5.73 Å². The molecule has 0 spiro atoms. The fraction of sp³-hybridized carbons (Fsp3) is 0.250. The molecule has 8 heteroatoms. The number of halogens is 1. The number of hydrogen-bond donors (Lipinski definition) is 2. The molecule has 0 radical (unpaired) electrons. The predicted octanol–water partition coefficient (Wildman–Crippen LogP) is 1.80. The van der Waals surface area contributed by atoms with Crippen LogP contribution in [0.4, 0.5) is 5.82 Å². The van der Waals surface area contributed by atoms with Gasteiger partial charge in [0.05, 0.1) is 0 Å². The summed E-state index contributed by atoms with van der Waals surface area (Å²) >= 11 is 3.34. The summed E-state index contributed by atoms with van der Waals surface area (Å²) in [4.78, 5) is -0.0102. The molecule has 1 atom stereocenters. The van der Waals surface area contributed by atoms with Crippen molar-refractivity contribution in [2.24, 2.45) is 7.05 Å². The lowest BCUT2D eigenvalue weighted by atomic mass is 10.1. The molecule has 0 fully saturated rings. The molecule has 1 aromatic heterocycles. The number of aryl methyl sites for hydroxylation is 1. The van der Waals surface area contributed by atoms with E-state index in [-0.39, 0.29) is 16.8 Å². The zero-order valence-corrected chi connectivity index (χ0v) is 13.4. The van der Waals surface area contributed by atoms with E-state index < -0.39 is 10.0 Å². The molecule has 2 rings (SSSR count). The SMILES string of the molecule is C[C@@H](NS(=O)(=O)c1cn(C)nc1N)c1ccc(Br)cc1. The van der Waals surface area contributed by atoms with E-state index in [9.17, 15) is 8.42 Å². The smallest absolute Gasteiger partial charge is 0.246 e. The molecule has 2 aromatic rings. The van der Waals surface area contributed by atoms with Crippen LogP contribution in [-0.4, -0.2) is 18.2 Å². The van der Waals surface area contributed by atoms with Crippen LogP contribution in [0.3, 0.4) is 0 Å². The van der Waals surface area contributed by atoms with E-state index in [1.807, 2.05) is 24.3 Å². The Bertz CT molecular complexity index is 710. The van der Waals surface area contributed by atoms with Gasteiger partial charge in [0.15, 0.2) is 5.82 Å². The number of sulfonamides is 1. The second kappa shape index (κ2) is 5.55. The number of nitrogens with one attached hydrogen (secondary N) is 1. The maximum Gasteiger partial charge on any atom is 0.246 e. The summed E-state index contributed by atoms with van der Waals surface area (Å²) in [5.41, 5.74) is 6.46. The highest BCUT2D eigenvalue weighted by molar-refractivity contribution is 9.10. The van der Waals surface area contributed by atoms with Gasteiger partial charge in [-0.05, 0) is 24.6 Å². The molecule has 0 saturated heterocycles. The van der Waals surface area contributed by atoms with E-state index in [1.165, 1.54) is 10.9 Å². The monoisotopic (exact) mass is 358 g/mol. The van der Waals surface area contributed by atoms with Crippen LogP contribution in [0.25, 0.3) is 0 Å². The van der Waals surface area contributed by atoms with Crippen molar-refractivity contribution in [2.75, 3.05) is 5.73 Å². The Labute approximate surface area is 126 Å². The van der Waals surface area contributed by atoms with E-state index >= 15 is 0 Å². The normalized spacial score (nSPS) is 13.3. The largest absolute Gasteiger partial charge is 0.381 e. The van der Waals surface area contributed by atoms with Gasteiger partial charge in [0.25, 0.3) is 0 Å². The summed E-state index contributed by atoms with van der Waals surface area (Å²) in [5.74, 6) is -0.0111. The Kier molecular flexibility index (Phi) is 4.17. The van der Waals surface area contributed by atoms with Gasteiger partial charge >= 0.3 is 0 Å². The standard InChI is InChI=1S/C12H15BrN4O2S/c1-8(9-3-5-10(13)6-4-9)16-20(18,19)11-7-17(2)15-12(11)14/h3-8,16H,1-2H3,(H2,14,15)/t8-/m1/s1. The average molecular weight is 359 g/mol. The topological polar surface area (TPSA) is 90.0 Å². The summed E-state index contributed by atoms with van der Waals surface area (Å²) in [6.45, 7) is 1.77. The van der Waals surface area contributed by atoms with E-state index in [0.717, 1.165) is 10.0 Å². The zero-order chi connectivity index (χ0) is 14.9. The van der Waals surface area contributed by atoms with Crippen molar-refractivity contribution in [3.05, 3.63) is 40.5 Å². The first-order valence-corrected chi connectivity index (χ1v) is 8.14. The molecule has 0 bridgehead atoms. The predicted molar refractivity (Wildman–Crippen MR) is 80.5 cm³/mol. The van der Waals surface area contributed by atoms with Crippen LogP contribution >= 0.6 is 15.9 Å². The van der Waals surface area contributed by atoms with Crippen molar-refractivity contribution >= 4 is 31.8 Å². The molecule has 1 aromatic carbocycles. The Hall–Kier alpha value is -1.38. The number of nitrogen functional groups attached to an aromatic ring is 1. The van der Waals surface area contributed by atoms with Gasteiger partial charge in [-0.3, -0.25) is 4.68 Å². The third-order valence-corrected chi connectivity index (χ3v) is 4.90. The first-order valence-electron chi connectivity index (χ1n) is 5.86. The van der Waals surface area contributed by atoms with Crippen LogP contribution in [0.2, 0.25) is 0 Å². The molecule has 0 aliphatic rings. The lowest BCUT2D eigenvalue weighted by molar-refractivity contribution is 0.567. The van der Waals surface area contributed by atoms with Crippen molar-refractivity contribution in [1.82, 2.24) is 14.5 Å². The average Bonchev–Trinajstić information content (AvgIpc) is 2.69. The van der Waals surface area contributed by atoms with Crippen LogP contribution in [0.15, 0.2) is 39.8 Å². The summed E-state index contributed by atoms with van der Waals surface area (Å²) in [5, 5.41) is 3.84. The summed E-state index contributed by atoms with van der Waals surface area (Å²) in [6.07, 6.45) is 1.38. The van der Waals surface area contributed by atoms with Gasteiger partial charge in [-0.15, -0.1) is 0 Å². The number of anilines is 1. The number of aromatic nitrogens is 2. The zero-order valence-electron chi connectivity index (χ0n) is 11.0. The molecule has 20 heavy (non-hydrogen) atoms. The fourth-order valence-corrected chi connectivity index (χ4v) is 3.41. The van der Waals surface area contributed by atoms with Gasteiger partial charge in [0.1, 0.15) is 4.90 Å². The number of hydrogen-bond acceptors (Lipinski definition) is 4. The van der Waals surface area contributed by atoms with Gasteiger partial charge in [0.2, 0.25) is 10.0 Å². The maximum atomic E-state index is 12.3. The second-order valence-corrected chi connectivity index (χ2v) is 7.04. The fourth-order valence-electron chi connectivity index (χ4n) is 1.81. The Morgan fingerprint density at radius 2 is 1.95 bits per heavy atom. The Morgan fingerprint density at radius 3 is 2.45 bits per heavy atom. The Balaban J connectivity index is 2.24. The molecular weight excluding hydrogens is 344 g/mol. The van der Waals surface area contributed by atoms with Crippen molar-refractivity contribution in [2.45, 2.75) is 17.9 Å². The van der Waals surface area contributed by atoms with Crippen LogP contribution < -0.4 is 10.5 Å². The number of rotatable bonds is 4. The third kappa shape index (κ3) is 3.20. The molecule has 0 aliphatic carbocycles. The molecule has 0 saturated carbocycles. The van der Waals surface area contributed by atoms with Crippen molar-refractivity contribution in [3.63, 3.8) is 0 Å². The van der Waals surface area contributed by atoms with Crippen LogP contribution in [0.1, 0.15) is 18.5 Å². The minimum Gasteiger partial charge on any atom is -0.381 e. The Morgan fingerprint density at radius 1 is 1.35 bits per heavy atom. The molecular formula is C12H15BrN4O2S. The molecule has 0 amide bonds. The second-order valence-electron chi connectivity index (χ2n) is 4.45. The first-order chi connectivity index (χ1) is 9.29. The molecule has 1 heterocycles. The molecule has 3 N–H and O–H groups in total. The van der Waals surface area contributed by atoms with Crippen molar-refractivity contribution < 1.29 is 8.42 Å². The van der Waals surface area contributed by atoms with E-state index in [4.69, 9.17) is 5.73 Å². The molecule has 6 nitrogen and oxygen atoms in total. The number of benzene rings is 1. The maximum absolute atomic E-state index is 12.3. The van der Waals surface area contributed by atoms with Gasteiger partial charge in [0, 0.05) is 23.8 Å². The van der Waals surface area contributed by atoms with Crippen LogP contribution in [0, 0.1) is 0 Å². The van der Waals surface area contributed by atoms with E-state index in [1.54, 1.807) is 14.0 Å². The lowest BCUT2D eigenvalue weighted by Crippen LogP contribution is -2.27. The quantitative estimate of drug-likeness (QED) is 0.871. The molecule has 0 aliphatic heterocycles. The molecule has 108 valence electrons. The minimum absolute atomic E-state index is 0.0102. The molecule has 0 unspecified atom stereocenters. The lowest BCUT2D eigenvalue weighted by Gasteiger charge is -2.14. The number of nitrogens with two attached hydrogens (primary N) is 1. The number of nitrogens with zero attached hydrogens (tertiary/aromatic N) is 2. The minimum atomic E-state index is -3.70. The van der Waals surface area contributed by atoms with Crippen LogP contribution in [-0.2, 0) is 17.1 Å². The van der Waals surface area contributed by atoms with Gasteiger partial charge in [-0.2, -0.15) is 5.10 Å². The van der Waals surface area contributed by atoms with E-state index in [2.05, 4.69) is 25.8 Å². The highest BCUT2D eigenvalue weighted by atomic mass is 79.9. The van der Waals surface area contributed by atoms with Gasteiger partial charge in [-0.25, -0.2) is 13.1 Å². The highest BCUT2D eigenvalue weighted by Gasteiger charge is 2.23.